The molecule has 0 aliphatic carbocycles. The number of carbonyl (C=O) groups is 1. The second-order valence-electron chi connectivity index (χ2n) is 4.18. The first kappa shape index (κ1) is 12.1. The minimum atomic E-state index is -3.67. The first-order valence-corrected chi connectivity index (χ1v) is 6.78. The summed E-state index contributed by atoms with van der Waals surface area (Å²) in [5.41, 5.74) is 5.70. The average Bonchev–Trinajstić information content (AvgIpc) is 2.51. The number of nitrogens with zero attached hydrogens (tertiary/aromatic N) is 1. The SMILES string of the molecule is CC(CN)CN1C(=O)c2ccccc2S1(=O)=O. The average molecular weight is 254 g/mol. The van der Waals surface area contributed by atoms with Crippen LogP contribution >= 0.6 is 0 Å². The minimum Gasteiger partial charge on any atom is -0.330 e. The Morgan fingerprint density at radius 1 is 1.35 bits per heavy atom. The van der Waals surface area contributed by atoms with Crippen LogP contribution in [0.1, 0.15) is 17.3 Å². The van der Waals surface area contributed by atoms with Gasteiger partial charge in [0.2, 0.25) is 0 Å². The van der Waals surface area contributed by atoms with Gasteiger partial charge in [0.1, 0.15) is 4.90 Å². The molecule has 0 aromatic heterocycles. The first-order valence-electron chi connectivity index (χ1n) is 5.34. The molecule has 0 spiro atoms. The van der Waals surface area contributed by atoms with Crippen LogP contribution in [0.4, 0.5) is 0 Å². The van der Waals surface area contributed by atoms with Crippen LogP contribution in [-0.4, -0.2) is 31.7 Å². The van der Waals surface area contributed by atoms with Gasteiger partial charge in [-0.15, -0.1) is 0 Å². The van der Waals surface area contributed by atoms with Crippen molar-refractivity contribution >= 4 is 15.9 Å². The lowest BCUT2D eigenvalue weighted by atomic mass is 10.1. The molecule has 17 heavy (non-hydrogen) atoms. The zero-order valence-corrected chi connectivity index (χ0v) is 10.3. The molecule has 2 N–H and O–H groups in total. The van der Waals surface area contributed by atoms with Crippen LogP contribution in [0.25, 0.3) is 0 Å². The zero-order chi connectivity index (χ0) is 12.6. The van der Waals surface area contributed by atoms with Gasteiger partial charge in [-0.3, -0.25) is 4.79 Å². The zero-order valence-electron chi connectivity index (χ0n) is 9.46. The predicted molar refractivity (Wildman–Crippen MR) is 62.9 cm³/mol. The van der Waals surface area contributed by atoms with E-state index in [1.54, 1.807) is 12.1 Å². The van der Waals surface area contributed by atoms with Gasteiger partial charge in [-0.05, 0) is 24.6 Å². The highest BCUT2D eigenvalue weighted by Crippen LogP contribution is 2.30. The molecule has 6 heteroatoms. The molecule has 0 fully saturated rings. The normalized spacial score (nSPS) is 19.2. The van der Waals surface area contributed by atoms with E-state index in [-0.39, 0.29) is 22.9 Å². The molecular weight excluding hydrogens is 240 g/mol. The van der Waals surface area contributed by atoms with Crippen molar-refractivity contribution in [3.8, 4) is 0 Å². The summed E-state index contributed by atoms with van der Waals surface area (Å²) in [6.07, 6.45) is 0. The van der Waals surface area contributed by atoms with Crippen LogP contribution in [0.2, 0.25) is 0 Å². The van der Waals surface area contributed by atoms with E-state index in [2.05, 4.69) is 0 Å². The molecule has 1 atom stereocenters. The maximum Gasteiger partial charge on any atom is 0.269 e. The Morgan fingerprint density at radius 3 is 2.59 bits per heavy atom. The fourth-order valence-electron chi connectivity index (χ4n) is 1.77. The molecule has 0 saturated carbocycles. The van der Waals surface area contributed by atoms with Crippen molar-refractivity contribution in [3.63, 3.8) is 0 Å². The van der Waals surface area contributed by atoms with Gasteiger partial charge in [-0.2, -0.15) is 0 Å². The fourth-order valence-corrected chi connectivity index (χ4v) is 3.46. The second-order valence-corrected chi connectivity index (χ2v) is 6.01. The molecule has 0 radical (unpaired) electrons. The van der Waals surface area contributed by atoms with E-state index in [0.717, 1.165) is 4.31 Å². The standard InChI is InChI=1S/C11H14N2O3S/c1-8(6-12)7-13-11(14)9-4-2-3-5-10(9)17(13,15)16/h2-5,8H,6-7,12H2,1H3. The summed E-state index contributed by atoms with van der Waals surface area (Å²) in [5, 5.41) is 0. The highest BCUT2D eigenvalue weighted by molar-refractivity contribution is 7.90. The number of carbonyl (C=O) groups excluding carboxylic acids is 1. The Labute approximate surface area is 100 Å². The summed E-state index contributed by atoms with van der Waals surface area (Å²) in [5.74, 6) is -0.510. The van der Waals surface area contributed by atoms with Crippen LogP contribution < -0.4 is 5.73 Å². The monoisotopic (exact) mass is 254 g/mol. The molecule has 2 rings (SSSR count). The quantitative estimate of drug-likeness (QED) is 0.848. The van der Waals surface area contributed by atoms with Gasteiger partial charge in [-0.1, -0.05) is 19.1 Å². The smallest absolute Gasteiger partial charge is 0.269 e. The summed E-state index contributed by atoms with van der Waals surface area (Å²) in [4.78, 5) is 12.1. The Morgan fingerprint density at radius 2 is 2.00 bits per heavy atom. The Bertz CT molecular complexity index is 554. The number of rotatable bonds is 3. The van der Waals surface area contributed by atoms with Crippen LogP contribution in [0.15, 0.2) is 29.2 Å². The van der Waals surface area contributed by atoms with E-state index in [1.165, 1.54) is 12.1 Å². The third-order valence-electron chi connectivity index (χ3n) is 2.79. The van der Waals surface area contributed by atoms with Crippen molar-refractivity contribution in [1.82, 2.24) is 4.31 Å². The van der Waals surface area contributed by atoms with Gasteiger partial charge in [-0.25, -0.2) is 12.7 Å². The van der Waals surface area contributed by atoms with Crippen LogP contribution in [0, 0.1) is 5.92 Å². The Hall–Kier alpha value is -1.40. The number of sulfonamides is 1. The van der Waals surface area contributed by atoms with E-state index < -0.39 is 15.9 Å². The van der Waals surface area contributed by atoms with Crippen LogP contribution in [0.3, 0.4) is 0 Å². The van der Waals surface area contributed by atoms with E-state index in [4.69, 9.17) is 5.73 Å². The topological polar surface area (TPSA) is 80.5 Å². The third-order valence-corrected chi connectivity index (χ3v) is 4.60. The van der Waals surface area contributed by atoms with Crippen LogP contribution in [-0.2, 0) is 10.0 Å². The predicted octanol–water partition coefficient (Wildman–Crippen LogP) is 0.426. The van der Waals surface area contributed by atoms with Crippen molar-refractivity contribution in [3.05, 3.63) is 29.8 Å². The van der Waals surface area contributed by atoms with E-state index in [0.29, 0.717) is 6.54 Å². The summed E-state index contributed by atoms with van der Waals surface area (Å²) < 4.78 is 25.1. The van der Waals surface area contributed by atoms with Crippen LogP contribution in [0.5, 0.6) is 0 Å². The number of benzene rings is 1. The van der Waals surface area contributed by atoms with Gasteiger partial charge in [0.25, 0.3) is 15.9 Å². The highest BCUT2D eigenvalue weighted by Gasteiger charge is 2.40. The summed E-state index contributed by atoms with van der Waals surface area (Å²) in [7, 11) is -3.67. The molecule has 1 aliphatic rings. The van der Waals surface area contributed by atoms with Gasteiger partial charge in [0, 0.05) is 6.54 Å². The molecule has 1 aromatic rings. The molecule has 1 unspecified atom stereocenters. The van der Waals surface area contributed by atoms with Gasteiger partial charge in [0.15, 0.2) is 0 Å². The van der Waals surface area contributed by atoms with Gasteiger partial charge in [0.05, 0.1) is 5.56 Å². The lowest BCUT2D eigenvalue weighted by molar-refractivity contribution is 0.0860. The van der Waals surface area contributed by atoms with Crippen molar-refractivity contribution in [2.45, 2.75) is 11.8 Å². The molecule has 0 saturated heterocycles. The number of fused-ring (bicyclic) bond motifs is 1. The summed E-state index contributed by atoms with van der Waals surface area (Å²) >= 11 is 0. The van der Waals surface area contributed by atoms with E-state index in [9.17, 15) is 13.2 Å². The minimum absolute atomic E-state index is 0.0527. The lowest BCUT2D eigenvalue weighted by Gasteiger charge is -2.18. The number of hydrogen-bond acceptors (Lipinski definition) is 4. The molecule has 1 amide bonds. The largest absolute Gasteiger partial charge is 0.330 e. The van der Waals surface area contributed by atoms with Crippen molar-refractivity contribution in [2.24, 2.45) is 11.7 Å². The van der Waals surface area contributed by atoms with E-state index >= 15 is 0 Å². The molecule has 1 aromatic carbocycles. The summed E-state index contributed by atoms with van der Waals surface area (Å²) in [6.45, 7) is 2.29. The lowest BCUT2D eigenvalue weighted by Crippen LogP contribution is -2.36. The Kier molecular flexibility index (Phi) is 2.92. The fraction of sp³-hybridized carbons (Fsp3) is 0.364. The maximum absolute atomic E-state index is 12.1. The maximum atomic E-state index is 12.1. The molecule has 0 bridgehead atoms. The molecular formula is C11H14N2O3S. The van der Waals surface area contributed by atoms with E-state index in [1.807, 2.05) is 6.92 Å². The molecule has 5 nitrogen and oxygen atoms in total. The number of amides is 1. The number of hydrogen-bond donors (Lipinski definition) is 1. The third kappa shape index (κ3) is 1.83. The number of nitrogens with two attached hydrogens (primary N) is 1. The Balaban J connectivity index is 2.44. The van der Waals surface area contributed by atoms with Crippen molar-refractivity contribution in [1.29, 1.82) is 0 Å². The molecule has 92 valence electrons. The van der Waals surface area contributed by atoms with Gasteiger partial charge >= 0.3 is 0 Å². The van der Waals surface area contributed by atoms with Crippen molar-refractivity contribution in [2.75, 3.05) is 13.1 Å². The summed E-state index contributed by atoms with van der Waals surface area (Å²) in [6, 6.07) is 6.25. The van der Waals surface area contributed by atoms with Crippen molar-refractivity contribution < 1.29 is 13.2 Å². The molecule has 1 aliphatic heterocycles. The first-order chi connectivity index (χ1) is 7.98. The second kappa shape index (κ2) is 4.12. The molecule has 1 heterocycles. The van der Waals surface area contributed by atoms with Gasteiger partial charge < -0.3 is 5.73 Å². The highest BCUT2D eigenvalue weighted by atomic mass is 32.2.